The second-order valence-electron chi connectivity index (χ2n) is 11.5. The van der Waals surface area contributed by atoms with Crippen LogP contribution in [0.2, 0.25) is 0 Å². The van der Waals surface area contributed by atoms with Crippen molar-refractivity contribution in [3.8, 4) is 5.75 Å². The third-order valence-corrected chi connectivity index (χ3v) is 8.25. The Hall–Kier alpha value is -2.06. The fourth-order valence-electron chi connectivity index (χ4n) is 5.86. The third kappa shape index (κ3) is 7.71. The molecule has 35 heavy (non-hydrogen) atoms. The molecule has 0 spiro atoms. The molecule has 3 rings (SSSR count). The number of aliphatic hydroxyl groups is 1. The predicted octanol–water partition coefficient (Wildman–Crippen LogP) is 8.97. The molecule has 2 aromatic carbocycles. The van der Waals surface area contributed by atoms with E-state index in [1.165, 1.54) is 48.8 Å². The van der Waals surface area contributed by atoms with E-state index < -0.39 is 0 Å². The standard InChI is InChI=1S/C33H48O2/c1-6-8-9-13-21-33(4,5)27-18-20-30(32(22-27)35-24-26-15-11-10-12-16-26)31-23-28(34)19-17-25(3)29(31)14-7-2/h7,10-12,15-16,18,20,22,25,28-29,31,34H,2,6,8-9,13-14,17,19,21,23-24H2,1,3-5H3/t25-,28-,29-,31-/m1/s1. The molecule has 0 aromatic heterocycles. The van der Waals surface area contributed by atoms with Gasteiger partial charge in [0.05, 0.1) is 6.10 Å². The highest BCUT2D eigenvalue weighted by Gasteiger charge is 2.34. The van der Waals surface area contributed by atoms with Gasteiger partial charge in [-0.25, -0.2) is 0 Å². The summed E-state index contributed by atoms with van der Waals surface area (Å²) in [6, 6.07) is 17.4. The van der Waals surface area contributed by atoms with Crippen LogP contribution in [0.5, 0.6) is 5.75 Å². The molecule has 192 valence electrons. The maximum atomic E-state index is 10.8. The first-order chi connectivity index (χ1) is 16.9. The quantitative estimate of drug-likeness (QED) is 0.188. The van der Waals surface area contributed by atoms with Crippen LogP contribution in [0.15, 0.2) is 61.2 Å². The monoisotopic (exact) mass is 476 g/mol. The molecule has 0 amide bonds. The number of ether oxygens (including phenoxy) is 1. The van der Waals surface area contributed by atoms with E-state index in [1.807, 2.05) is 6.07 Å². The molecular weight excluding hydrogens is 428 g/mol. The molecule has 2 heteroatoms. The topological polar surface area (TPSA) is 29.5 Å². The lowest BCUT2D eigenvalue weighted by molar-refractivity contribution is 0.148. The van der Waals surface area contributed by atoms with Crippen molar-refractivity contribution < 1.29 is 9.84 Å². The molecule has 0 radical (unpaired) electrons. The van der Waals surface area contributed by atoms with E-state index in [2.05, 4.69) is 82.8 Å². The van der Waals surface area contributed by atoms with Crippen molar-refractivity contribution in [2.75, 3.05) is 0 Å². The molecule has 1 aliphatic carbocycles. The molecule has 0 heterocycles. The number of hydrogen-bond donors (Lipinski definition) is 1. The minimum atomic E-state index is -0.256. The van der Waals surface area contributed by atoms with E-state index in [9.17, 15) is 5.11 Å². The summed E-state index contributed by atoms with van der Waals surface area (Å²) in [5, 5.41) is 10.8. The largest absolute Gasteiger partial charge is 0.489 e. The highest BCUT2D eigenvalue weighted by atomic mass is 16.5. The van der Waals surface area contributed by atoms with Crippen LogP contribution < -0.4 is 4.74 Å². The molecule has 0 unspecified atom stereocenters. The Labute approximate surface area is 214 Å². The lowest BCUT2D eigenvalue weighted by Crippen LogP contribution is -2.22. The summed E-state index contributed by atoms with van der Waals surface area (Å²) in [7, 11) is 0. The van der Waals surface area contributed by atoms with Gasteiger partial charge >= 0.3 is 0 Å². The molecule has 4 atom stereocenters. The number of rotatable bonds is 12. The summed E-state index contributed by atoms with van der Waals surface area (Å²) in [5.74, 6) is 2.28. The van der Waals surface area contributed by atoms with Gasteiger partial charge in [0.15, 0.2) is 0 Å². The first-order valence-electron chi connectivity index (χ1n) is 14.0. The van der Waals surface area contributed by atoms with Gasteiger partial charge in [0.1, 0.15) is 12.4 Å². The first-order valence-corrected chi connectivity index (χ1v) is 14.0. The SMILES string of the molecule is C=CC[C@@H]1[C@H](C)CC[C@@H](O)C[C@H]1c1ccc(C(C)(C)CCCCCC)cc1OCc1ccccc1. The maximum absolute atomic E-state index is 10.8. The lowest BCUT2D eigenvalue weighted by atomic mass is 9.74. The highest BCUT2D eigenvalue weighted by molar-refractivity contribution is 5.43. The Bertz CT molecular complexity index is 901. The minimum Gasteiger partial charge on any atom is -0.489 e. The van der Waals surface area contributed by atoms with Gasteiger partial charge in [-0.15, -0.1) is 6.58 Å². The molecular formula is C33H48O2. The van der Waals surface area contributed by atoms with Crippen LogP contribution in [0.3, 0.4) is 0 Å². The molecule has 2 aromatic rings. The van der Waals surface area contributed by atoms with Gasteiger partial charge in [-0.3, -0.25) is 0 Å². The summed E-state index contributed by atoms with van der Waals surface area (Å²) in [5.41, 5.74) is 3.89. The first kappa shape index (κ1) is 27.5. The van der Waals surface area contributed by atoms with Crippen LogP contribution >= 0.6 is 0 Å². The van der Waals surface area contributed by atoms with Crippen molar-refractivity contribution in [2.45, 2.75) is 110 Å². The van der Waals surface area contributed by atoms with Crippen LogP contribution in [0.1, 0.15) is 108 Å². The van der Waals surface area contributed by atoms with Crippen molar-refractivity contribution in [3.05, 3.63) is 77.9 Å². The van der Waals surface area contributed by atoms with E-state index in [1.54, 1.807) is 0 Å². The van der Waals surface area contributed by atoms with E-state index in [0.29, 0.717) is 18.4 Å². The minimum absolute atomic E-state index is 0.105. The van der Waals surface area contributed by atoms with Crippen molar-refractivity contribution in [3.63, 3.8) is 0 Å². The van der Waals surface area contributed by atoms with Crippen LogP contribution in [0, 0.1) is 11.8 Å². The predicted molar refractivity (Wildman–Crippen MR) is 149 cm³/mol. The molecule has 0 bridgehead atoms. The van der Waals surface area contributed by atoms with Gasteiger partial charge in [0.2, 0.25) is 0 Å². The van der Waals surface area contributed by atoms with Gasteiger partial charge < -0.3 is 9.84 Å². The Morgan fingerprint density at radius 2 is 1.83 bits per heavy atom. The normalized spacial score (nSPS) is 23.0. The van der Waals surface area contributed by atoms with Gasteiger partial charge in [0, 0.05) is 0 Å². The molecule has 0 aliphatic heterocycles. The smallest absolute Gasteiger partial charge is 0.123 e. The van der Waals surface area contributed by atoms with Crippen LogP contribution in [-0.2, 0) is 12.0 Å². The summed E-state index contributed by atoms with van der Waals surface area (Å²) >= 11 is 0. The van der Waals surface area contributed by atoms with Crippen molar-refractivity contribution >= 4 is 0 Å². The van der Waals surface area contributed by atoms with E-state index >= 15 is 0 Å². The average molecular weight is 477 g/mol. The average Bonchev–Trinajstić information content (AvgIpc) is 2.99. The number of unbranched alkanes of at least 4 members (excludes halogenated alkanes) is 3. The summed E-state index contributed by atoms with van der Waals surface area (Å²) in [4.78, 5) is 0. The Morgan fingerprint density at radius 1 is 1.06 bits per heavy atom. The lowest BCUT2D eigenvalue weighted by Gasteiger charge is -2.32. The van der Waals surface area contributed by atoms with E-state index in [0.717, 1.165) is 31.4 Å². The second kappa shape index (κ2) is 13.3. The molecule has 1 saturated carbocycles. The zero-order chi connectivity index (χ0) is 25.3. The Kier molecular flexibility index (Phi) is 10.5. The Balaban J connectivity index is 1.95. The summed E-state index contributed by atoms with van der Waals surface area (Å²) in [6.07, 6.45) is 11.9. The highest BCUT2D eigenvalue weighted by Crippen LogP contribution is 2.46. The molecule has 2 nitrogen and oxygen atoms in total. The van der Waals surface area contributed by atoms with Crippen LogP contribution in [0.4, 0.5) is 0 Å². The van der Waals surface area contributed by atoms with Crippen LogP contribution in [0.25, 0.3) is 0 Å². The number of hydrogen-bond acceptors (Lipinski definition) is 2. The maximum Gasteiger partial charge on any atom is 0.123 e. The fraction of sp³-hybridized carbons (Fsp3) is 0.576. The van der Waals surface area contributed by atoms with E-state index in [4.69, 9.17) is 4.74 Å². The number of allylic oxidation sites excluding steroid dienone is 1. The fourth-order valence-corrected chi connectivity index (χ4v) is 5.86. The van der Waals surface area contributed by atoms with Crippen molar-refractivity contribution in [2.24, 2.45) is 11.8 Å². The number of benzene rings is 2. The zero-order valence-corrected chi connectivity index (χ0v) is 22.6. The number of aliphatic hydroxyl groups excluding tert-OH is 1. The van der Waals surface area contributed by atoms with Crippen LogP contribution in [-0.4, -0.2) is 11.2 Å². The van der Waals surface area contributed by atoms with Gasteiger partial charge in [0.25, 0.3) is 0 Å². The van der Waals surface area contributed by atoms with Gasteiger partial charge in [-0.1, -0.05) is 102 Å². The third-order valence-electron chi connectivity index (χ3n) is 8.25. The zero-order valence-electron chi connectivity index (χ0n) is 22.6. The molecule has 0 saturated heterocycles. The van der Waals surface area contributed by atoms with Crippen molar-refractivity contribution in [1.82, 2.24) is 0 Å². The molecule has 1 aliphatic rings. The Morgan fingerprint density at radius 3 is 2.54 bits per heavy atom. The van der Waals surface area contributed by atoms with Gasteiger partial charge in [-0.2, -0.15) is 0 Å². The summed E-state index contributed by atoms with van der Waals surface area (Å²) in [6.45, 7) is 14.0. The summed E-state index contributed by atoms with van der Waals surface area (Å²) < 4.78 is 6.59. The molecule has 1 fully saturated rings. The second-order valence-corrected chi connectivity index (χ2v) is 11.5. The van der Waals surface area contributed by atoms with E-state index in [-0.39, 0.29) is 17.4 Å². The van der Waals surface area contributed by atoms with Crippen molar-refractivity contribution in [1.29, 1.82) is 0 Å². The van der Waals surface area contributed by atoms with Gasteiger partial charge in [-0.05, 0) is 78.0 Å². The molecule has 1 N–H and O–H groups in total.